The Morgan fingerprint density at radius 1 is 1.38 bits per heavy atom. The molecule has 7 nitrogen and oxygen atoms in total. The lowest BCUT2D eigenvalue weighted by molar-refractivity contribution is 0.0695. The number of aryl methyl sites for hydroxylation is 1. The van der Waals surface area contributed by atoms with Crippen molar-refractivity contribution in [3.63, 3.8) is 0 Å². The van der Waals surface area contributed by atoms with E-state index >= 15 is 0 Å². The van der Waals surface area contributed by atoms with Gasteiger partial charge in [0.25, 0.3) is 10.0 Å². The quantitative estimate of drug-likeness (QED) is 0.733. The van der Waals surface area contributed by atoms with Crippen molar-refractivity contribution < 1.29 is 22.8 Å². The normalized spacial score (nSPS) is 11.4. The van der Waals surface area contributed by atoms with Crippen molar-refractivity contribution in [1.29, 1.82) is 0 Å². The number of rotatable bonds is 4. The van der Waals surface area contributed by atoms with Crippen molar-refractivity contribution in [3.8, 4) is 0 Å². The highest BCUT2D eigenvalue weighted by Crippen LogP contribution is 2.23. The lowest BCUT2D eigenvalue weighted by Crippen LogP contribution is -2.14. The second-order valence-corrected chi connectivity index (χ2v) is 7.12. The molecule has 0 aliphatic heterocycles. The van der Waals surface area contributed by atoms with Crippen LogP contribution >= 0.6 is 22.6 Å². The van der Waals surface area contributed by atoms with Crippen LogP contribution in [0.25, 0.3) is 0 Å². The molecule has 0 spiro atoms. The first-order chi connectivity index (χ1) is 9.72. The summed E-state index contributed by atoms with van der Waals surface area (Å²) in [5.74, 6) is -1.17. The molecule has 0 fully saturated rings. The van der Waals surface area contributed by atoms with Gasteiger partial charge in [0.15, 0.2) is 0 Å². The SMILES string of the molecule is Cc1noc(NS(=O)(=O)c2ccc(I)c(C(=O)O)c2)c1C. The Morgan fingerprint density at radius 3 is 2.57 bits per heavy atom. The topological polar surface area (TPSA) is 110 Å². The van der Waals surface area contributed by atoms with Crippen LogP contribution in [0.4, 0.5) is 5.88 Å². The Kier molecular flexibility index (Phi) is 4.23. The average Bonchev–Trinajstić information content (AvgIpc) is 2.70. The highest BCUT2D eigenvalue weighted by atomic mass is 127. The molecule has 21 heavy (non-hydrogen) atoms. The highest BCUT2D eigenvalue weighted by molar-refractivity contribution is 14.1. The number of benzene rings is 1. The van der Waals surface area contributed by atoms with Gasteiger partial charge in [-0.2, -0.15) is 0 Å². The Hall–Kier alpha value is -1.62. The maximum Gasteiger partial charge on any atom is 0.336 e. The van der Waals surface area contributed by atoms with Crippen molar-refractivity contribution in [2.45, 2.75) is 18.7 Å². The number of hydrogen-bond acceptors (Lipinski definition) is 5. The third kappa shape index (κ3) is 3.18. The molecule has 0 saturated carbocycles. The molecule has 0 radical (unpaired) electrons. The van der Waals surface area contributed by atoms with Gasteiger partial charge < -0.3 is 9.63 Å². The molecule has 0 unspecified atom stereocenters. The smallest absolute Gasteiger partial charge is 0.336 e. The number of sulfonamides is 1. The highest BCUT2D eigenvalue weighted by Gasteiger charge is 2.21. The number of halogens is 1. The van der Waals surface area contributed by atoms with Gasteiger partial charge in [-0.1, -0.05) is 5.16 Å². The van der Waals surface area contributed by atoms with E-state index in [1.54, 1.807) is 13.8 Å². The number of carbonyl (C=O) groups is 1. The monoisotopic (exact) mass is 422 g/mol. The first-order valence-electron chi connectivity index (χ1n) is 5.71. The van der Waals surface area contributed by atoms with Crippen LogP contribution in [-0.4, -0.2) is 24.7 Å². The van der Waals surface area contributed by atoms with Gasteiger partial charge in [-0.05, 0) is 54.6 Å². The fraction of sp³-hybridized carbons (Fsp3) is 0.167. The van der Waals surface area contributed by atoms with Crippen LogP contribution in [-0.2, 0) is 10.0 Å². The minimum absolute atomic E-state index is 0.0166. The predicted molar refractivity (Wildman–Crippen MR) is 82.9 cm³/mol. The molecular weight excluding hydrogens is 411 g/mol. The second kappa shape index (κ2) is 5.64. The van der Waals surface area contributed by atoms with Crippen molar-refractivity contribution >= 4 is 44.5 Å². The van der Waals surface area contributed by atoms with Crippen LogP contribution in [0, 0.1) is 17.4 Å². The molecule has 0 bridgehead atoms. The van der Waals surface area contributed by atoms with Crippen molar-refractivity contribution in [2.24, 2.45) is 0 Å². The molecule has 0 saturated heterocycles. The summed E-state index contributed by atoms with van der Waals surface area (Å²) in [6.45, 7) is 3.35. The molecule has 2 rings (SSSR count). The molecule has 0 aliphatic carbocycles. The molecular formula is C12H11IN2O5S. The van der Waals surface area contributed by atoms with E-state index in [2.05, 4.69) is 9.88 Å². The van der Waals surface area contributed by atoms with Crippen molar-refractivity contribution in [1.82, 2.24) is 5.16 Å². The number of aromatic carboxylic acids is 1. The van der Waals surface area contributed by atoms with Gasteiger partial charge in [-0.25, -0.2) is 17.9 Å². The van der Waals surface area contributed by atoms with Crippen LogP contribution in [0.2, 0.25) is 0 Å². The summed E-state index contributed by atoms with van der Waals surface area (Å²) in [5.41, 5.74) is 1.06. The minimum atomic E-state index is -3.95. The Labute approximate surface area is 134 Å². The van der Waals surface area contributed by atoms with Crippen LogP contribution in [0.5, 0.6) is 0 Å². The third-order valence-corrected chi connectivity index (χ3v) is 5.13. The summed E-state index contributed by atoms with van der Waals surface area (Å²) in [4.78, 5) is 10.9. The summed E-state index contributed by atoms with van der Waals surface area (Å²) in [5, 5.41) is 12.7. The summed E-state index contributed by atoms with van der Waals surface area (Å²) >= 11 is 1.83. The number of aromatic nitrogens is 1. The lowest BCUT2D eigenvalue weighted by atomic mass is 10.2. The van der Waals surface area contributed by atoms with Gasteiger partial charge in [0.05, 0.1) is 16.2 Å². The first-order valence-corrected chi connectivity index (χ1v) is 8.27. The van der Waals surface area contributed by atoms with E-state index in [-0.39, 0.29) is 16.3 Å². The number of carboxylic acids is 1. The maximum atomic E-state index is 12.3. The number of nitrogens with one attached hydrogen (secondary N) is 1. The first kappa shape index (κ1) is 15.8. The summed E-state index contributed by atoms with van der Waals surface area (Å²) in [6, 6.07) is 3.86. The molecule has 1 aromatic heterocycles. The maximum absolute atomic E-state index is 12.3. The van der Waals surface area contributed by atoms with E-state index < -0.39 is 16.0 Å². The van der Waals surface area contributed by atoms with Gasteiger partial charge in [0.2, 0.25) is 5.88 Å². The molecule has 2 N–H and O–H groups in total. The lowest BCUT2D eigenvalue weighted by Gasteiger charge is -2.07. The van der Waals surface area contributed by atoms with E-state index in [4.69, 9.17) is 9.63 Å². The predicted octanol–water partition coefficient (Wildman–Crippen LogP) is 2.40. The Morgan fingerprint density at radius 2 is 2.05 bits per heavy atom. The molecule has 9 heteroatoms. The van der Waals surface area contributed by atoms with E-state index in [0.29, 0.717) is 14.8 Å². The van der Waals surface area contributed by atoms with Gasteiger partial charge in [-0.3, -0.25) is 0 Å². The van der Waals surface area contributed by atoms with Crippen LogP contribution in [0.15, 0.2) is 27.6 Å². The van der Waals surface area contributed by atoms with Crippen LogP contribution in [0.1, 0.15) is 21.6 Å². The molecule has 0 aliphatic rings. The minimum Gasteiger partial charge on any atom is -0.478 e. The van der Waals surface area contributed by atoms with Gasteiger partial charge >= 0.3 is 5.97 Å². The molecule has 2 aromatic rings. The largest absolute Gasteiger partial charge is 0.478 e. The van der Waals surface area contributed by atoms with Crippen molar-refractivity contribution in [2.75, 3.05) is 4.72 Å². The molecule has 1 aromatic carbocycles. The zero-order valence-electron chi connectivity index (χ0n) is 11.0. The Bertz CT molecular complexity index is 813. The van der Waals surface area contributed by atoms with E-state index in [1.165, 1.54) is 12.1 Å². The third-order valence-electron chi connectivity index (χ3n) is 2.86. The molecule has 0 amide bonds. The van der Waals surface area contributed by atoms with Crippen LogP contribution < -0.4 is 4.72 Å². The van der Waals surface area contributed by atoms with Gasteiger partial charge in [0.1, 0.15) is 0 Å². The molecule has 0 atom stereocenters. The van der Waals surface area contributed by atoms with Crippen molar-refractivity contribution in [3.05, 3.63) is 38.6 Å². The molecule has 112 valence electrons. The van der Waals surface area contributed by atoms with E-state index in [9.17, 15) is 13.2 Å². The number of nitrogens with zero attached hydrogens (tertiary/aromatic N) is 1. The zero-order valence-corrected chi connectivity index (χ0v) is 14.0. The number of anilines is 1. The number of hydrogen-bond donors (Lipinski definition) is 2. The van der Waals surface area contributed by atoms with E-state index in [1.807, 2.05) is 22.6 Å². The summed E-state index contributed by atoms with van der Waals surface area (Å²) < 4.78 is 32.1. The zero-order chi connectivity index (χ0) is 15.8. The van der Waals surface area contributed by atoms with Gasteiger partial charge in [0, 0.05) is 9.13 Å². The Balaban J connectivity index is 2.43. The standard InChI is InChI=1S/C12H11IN2O5S/c1-6-7(2)14-20-11(6)15-21(18,19)8-3-4-10(13)9(5-8)12(16)17/h3-5,15H,1-2H3,(H,16,17). The fourth-order valence-electron chi connectivity index (χ4n) is 1.53. The van der Waals surface area contributed by atoms with E-state index in [0.717, 1.165) is 6.07 Å². The van der Waals surface area contributed by atoms with Gasteiger partial charge in [-0.15, -0.1) is 0 Å². The van der Waals surface area contributed by atoms with Crippen LogP contribution in [0.3, 0.4) is 0 Å². The summed E-state index contributed by atoms with van der Waals surface area (Å²) in [7, 11) is -3.95. The molecule has 1 heterocycles. The number of carboxylic acid groups (broad SMARTS) is 1. The summed E-state index contributed by atoms with van der Waals surface area (Å²) in [6.07, 6.45) is 0. The fourth-order valence-corrected chi connectivity index (χ4v) is 3.17. The average molecular weight is 422 g/mol. The second-order valence-electron chi connectivity index (χ2n) is 4.27.